The summed E-state index contributed by atoms with van der Waals surface area (Å²) in [5.41, 5.74) is 8.88. The lowest BCUT2D eigenvalue weighted by atomic mass is 10.0. The van der Waals surface area contributed by atoms with Crippen molar-refractivity contribution in [2.24, 2.45) is 5.73 Å². The second kappa shape index (κ2) is 7.16. The molecule has 2 rings (SSSR count). The summed E-state index contributed by atoms with van der Waals surface area (Å²) in [6, 6.07) is 16.5. The smallest absolute Gasteiger partial charge is 0.0541 e. The van der Waals surface area contributed by atoms with Crippen LogP contribution in [0, 0.1) is 0 Å². The molecule has 0 aromatic heterocycles. The Bertz CT molecular complexity index is 553. The van der Waals surface area contributed by atoms with Gasteiger partial charge in [0.25, 0.3) is 0 Å². The Balaban J connectivity index is 2.08. The van der Waals surface area contributed by atoms with Crippen molar-refractivity contribution in [3.8, 4) is 0 Å². The van der Waals surface area contributed by atoms with E-state index in [9.17, 15) is 0 Å². The van der Waals surface area contributed by atoms with E-state index in [1.54, 1.807) is 11.8 Å². The van der Waals surface area contributed by atoms with E-state index in [1.165, 1.54) is 11.1 Å². The molecule has 0 radical (unpaired) electrons. The van der Waals surface area contributed by atoms with E-state index in [-0.39, 0.29) is 11.3 Å². The molecule has 2 unspecified atom stereocenters. The van der Waals surface area contributed by atoms with Crippen LogP contribution in [0.4, 0.5) is 0 Å². The summed E-state index contributed by atoms with van der Waals surface area (Å²) in [6.45, 7) is 4.30. The van der Waals surface area contributed by atoms with Gasteiger partial charge in [-0.25, -0.2) is 0 Å². The third-order valence-electron chi connectivity index (χ3n) is 3.43. The zero-order valence-electron chi connectivity index (χ0n) is 11.8. The van der Waals surface area contributed by atoms with Crippen LogP contribution in [0.5, 0.6) is 0 Å². The fourth-order valence-corrected chi connectivity index (χ4v) is 3.37. The van der Waals surface area contributed by atoms with Crippen molar-refractivity contribution >= 4 is 23.4 Å². The SMILES string of the molecule is CCc1ccc(C(N)C(C)Sc2ccccc2Cl)cc1. The number of benzene rings is 2. The number of aryl methyl sites for hydroxylation is 1. The van der Waals surface area contributed by atoms with Gasteiger partial charge in [-0.1, -0.05) is 61.8 Å². The van der Waals surface area contributed by atoms with Crippen LogP contribution in [0.25, 0.3) is 0 Å². The van der Waals surface area contributed by atoms with Gasteiger partial charge in [0.2, 0.25) is 0 Å². The Hall–Kier alpha value is -0.960. The van der Waals surface area contributed by atoms with E-state index in [2.05, 4.69) is 38.1 Å². The van der Waals surface area contributed by atoms with E-state index < -0.39 is 0 Å². The molecular formula is C17H20ClNS. The zero-order valence-corrected chi connectivity index (χ0v) is 13.4. The van der Waals surface area contributed by atoms with Crippen LogP contribution in [0.15, 0.2) is 53.4 Å². The molecule has 0 aliphatic carbocycles. The Morgan fingerprint density at radius 2 is 1.75 bits per heavy atom. The molecule has 2 N–H and O–H groups in total. The number of rotatable bonds is 5. The van der Waals surface area contributed by atoms with E-state index >= 15 is 0 Å². The molecule has 106 valence electrons. The summed E-state index contributed by atoms with van der Waals surface area (Å²) in [7, 11) is 0. The molecule has 0 amide bonds. The average molecular weight is 306 g/mol. The Morgan fingerprint density at radius 1 is 1.10 bits per heavy atom. The highest BCUT2D eigenvalue weighted by Crippen LogP contribution is 2.34. The van der Waals surface area contributed by atoms with Crippen molar-refractivity contribution in [3.05, 3.63) is 64.7 Å². The highest BCUT2D eigenvalue weighted by atomic mass is 35.5. The molecule has 0 saturated heterocycles. The standard InChI is InChI=1S/C17H20ClNS/c1-3-13-8-10-14(11-9-13)17(19)12(2)20-16-7-5-4-6-15(16)18/h4-12,17H,3,19H2,1-2H3. The molecule has 0 bridgehead atoms. The summed E-state index contributed by atoms with van der Waals surface area (Å²) >= 11 is 7.92. The summed E-state index contributed by atoms with van der Waals surface area (Å²) < 4.78 is 0. The number of nitrogens with two attached hydrogens (primary N) is 1. The maximum atomic E-state index is 6.36. The van der Waals surface area contributed by atoms with Crippen LogP contribution in [0.2, 0.25) is 5.02 Å². The summed E-state index contributed by atoms with van der Waals surface area (Å²) in [6.07, 6.45) is 1.06. The maximum Gasteiger partial charge on any atom is 0.0541 e. The molecule has 3 heteroatoms. The first-order valence-electron chi connectivity index (χ1n) is 6.87. The molecule has 1 nitrogen and oxygen atoms in total. The van der Waals surface area contributed by atoms with Gasteiger partial charge in [-0.05, 0) is 29.7 Å². The van der Waals surface area contributed by atoms with Crippen LogP contribution in [-0.2, 0) is 6.42 Å². The first-order valence-corrected chi connectivity index (χ1v) is 8.13. The predicted molar refractivity (Wildman–Crippen MR) is 89.5 cm³/mol. The summed E-state index contributed by atoms with van der Waals surface area (Å²) in [5.74, 6) is 0. The van der Waals surface area contributed by atoms with Crippen molar-refractivity contribution in [3.63, 3.8) is 0 Å². The molecular weight excluding hydrogens is 286 g/mol. The van der Waals surface area contributed by atoms with E-state index in [1.807, 2.05) is 24.3 Å². The third kappa shape index (κ3) is 3.78. The second-order valence-electron chi connectivity index (χ2n) is 4.87. The van der Waals surface area contributed by atoms with Crippen LogP contribution in [0.1, 0.15) is 31.0 Å². The van der Waals surface area contributed by atoms with Gasteiger partial charge >= 0.3 is 0 Å². The van der Waals surface area contributed by atoms with Crippen LogP contribution < -0.4 is 5.73 Å². The largest absolute Gasteiger partial charge is 0.323 e. The summed E-state index contributed by atoms with van der Waals surface area (Å²) in [4.78, 5) is 1.09. The first kappa shape index (κ1) is 15.4. The fraction of sp³-hybridized carbons (Fsp3) is 0.294. The molecule has 0 aliphatic heterocycles. The van der Waals surface area contributed by atoms with Crippen LogP contribution in [-0.4, -0.2) is 5.25 Å². The lowest BCUT2D eigenvalue weighted by Crippen LogP contribution is -2.21. The van der Waals surface area contributed by atoms with Crippen LogP contribution >= 0.6 is 23.4 Å². The molecule has 0 spiro atoms. The topological polar surface area (TPSA) is 26.0 Å². The summed E-state index contributed by atoms with van der Waals surface area (Å²) in [5, 5.41) is 1.06. The van der Waals surface area contributed by atoms with Crippen molar-refractivity contribution in [2.75, 3.05) is 0 Å². The number of hydrogen-bond acceptors (Lipinski definition) is 2. The van der Waals surface area contributed by atoms with Crippen LogP contribution in [0.3, 0.4) is 0 Å². The van der Waals surface area contributed by atoms with Gasteiger partial charge in [0.1, 0.15) is 0 Å². The van der Waals surface area contributed by atoms with Gasteiger partial charge in [0, 0.05) is 16.2 Å². The quantitative estimate of drug-likeness (QED) is 0.779. The first-order chi connectivity index (χ1) is 9.61. The highest BCUT2D eigenvalue weighted by molar-refractivity contribution is 8.00. The van der Waals surface area contributed by atoms with Gasteiger partial charge in [-0.15, -0.1) is 11.8 Å². The fourth-order valence-electron chi connectivity index (χ4n) is 2.06. The molecule has 2 atom stereocenters. The van der Waals surface area contributed by atoms with E-state index in [4.69, 9.17) is 17.3 Å². The number of thioether (sulfide) groups is 1. The minimum Gasteiger partial charge on any atom is -0.323 e. The van der Waals surface area contributed by atoms with E-state index in [0.29, 0.717) is 0 Å². The highest BCUT2D eigenvalue weighted by Gasteiger charge is 2.17. The molecule has 2 aromatic rings. The van der Waals surface area contributed by atoms with Crippen molar-refractivity contribution in [1.82, 2.24) is 0 Å². The van der Waals surface area contributed by atoms with Crippen molar-refractivity contribution in [2.45, 2.75) is 36.5 Å². The lowest BCUT2D eigenvalue weighted by Gasteiger charge is -2.20. The number of halogens is 1. The third-order valence-corrected chi connectivity index (χ3v) is 5.14. The minimum absolute atomic E-state index is 0.00202. The second-order valence-corrected chi connectivity index (χ2v) is 6.70. The van der Waals surface area contributed by atoms with Gasteiger partial charge in [-0.2, -0.15) is 0 Å². The zero-order chi connectivity index (χ0) is 14.5. The van der Waals surface area contributed by atoms with Gasteiger partial charge in [0.05, 0.1) is 5.02 Å². The minimum atomic E-state index is 0.00202. The molecule has 20 heavy (non-hydrogen) atoms. The molecule has 0 aliphatic rings. The Kier molecular flexibility index (Phi) is 5.53. The molecule has 0 heterocycles. The molecule has 2 aromatic carbocycles. The van der Waals surface area contributed by atoms with Crippen molar-refractivity contribution < 1.29 is 0 Å². The monoisotopic (exact) mass is 305 g/mol. The van der Waals surface area contributed by atoms with Gasteiger partial charge in [-0.3, -0.25) is 0 Å². The van der Waals surface area contributed by atoms with Gasteiger partial charge < -0.3 is 5.73 Å². The molecule has 0 saturated carbocycles. The average Bonchev–Trinajstić information content (AvgIpc) is 2.49. The molecule has 0 fully saturated rings. The lowest BCUT2D eigenvalue weighted by molar-refractivity contribution is 0.714. The van der Waals surface area contributed by atoms with Crippen molar-refractivity contribution in [1.29, 1.82) is 0 Å². The normalized spacial score (nSPS) is 14.0. The maximum absolute atomic E-state index is 6.36. The predicted octanol–water partition coefficient (Wildman–Crippen LogP) is 5.08. The Morgan fingerprint density at radius 3 is 2.35 bits per heavy atom. The Labute approximate surface area is 130 Å². The number of hydrogen-bond donors (Lipinski definition) is 1. The van der Waals surface area contributed by atoms with Gasteiger partial charge in [0.15, 0.2) is 0 Å². The van der Waals surface area contributed by atoms with E-state index in [0.717, 1.165) is 16.3 Å².